The molecular formula is C16H17ClN2O2. The van der Waals surface area contributed by atoms with Crippen LogP contribution in [-0.2, 0) is 0 Å². The first kappa shape index (κ1) is 15.2. The molecule has 0 radical (unpaired) electrons. The summed E-state index contributed by atoms with van der Waals surface area (Å²) >= 11 is 6.03. The van der Waals surface area contributed by atoms with E-state index in [1.165, 1.54) is 0 Å². The Morgan fingerprint density at radius 1 is 1.24 bits per heavy atom. The van der Waals surface area contributed by atoms with Gasteiger partial charge in [-0.2, -0.15) is 0 Å². The molecule has 0 aliphatic carbocycles. The van der Waals surface area contributed by atoms with Gasteiger partial charge in [0.2, 0.25) is 0 Å². The van der Waals surface area contributed by atoms with Crippen LogP contribution in [0.4, 0.5) is 11.4 Å². The van der Waals surface area contributed by atoms with Crippen LogP contribution in [0.1, 0.15) is 23.7 Å². The Kier molecular flexibility index (Phi) is 5.06. The van der Waals surface area contributed by atoms with Gasteiger partial charge in [0.25, 0.3) is 5.91 Å². The molecule has 0 unspecified atom stereocenters. The van der Waals surface area contributed by atoms with Crippen molar-refractivity contribution in [1.82, 2.24) is 0 Å². The molecule has 2 aromatic carbocycles. The molecule has 0 heterocycles. The SMILES string of the molecule is CCCOc1ccc(NC(=O)c2cccc(N)c2Cl)cc1. The zero-order chi connectivity index (χ0) is 15.2. The monoisotopic (exact) mass is 304 g/mol. The predicted octanol–water partition coefficient (Wildman–Crippen LogP) is 3.96. The quantitative estimate of drug-likeness (QED) is 0.822. The lowest BCUT2D eigenvalue weighted by molar-refractivity contribution is 0.102. The highest BCUT2D eigenvalue weighted by Gasteiger charge is 2.12. The summed E-state index contributed by atoms with van der Waals surface area (Å²) in [6.45, 7) is 2.72. The van der Waals surface area contributed by atoms with Crippen molar-refractivity contribution in [3.8, 4) is 5.75 Å². The molecule has 0 aliphatic rings. The standard InChI is InChI=1S/C16H17ClN2O2/c1-2-10-21-12-8-6-11(7-9-12)19-16(20)13-4-3-5-14(18)15(13)17/h3-9H,2,10,18H2,1H3,(H,19,20). The van der Waals surface area contributed by atoms with E-state index in [9.17, 15) is 4.79 Å². The van der Waals surface area contributed by atoms with E-state index in [0.717, 1.165) is 12.2 Å². The average molecular weight is 305 g/mol. The maximum Gasteiger partial charge on any atom is 0.257 e. The van der Waals surface area contributed by atoms with Crippen molar-refractivity contribution < 1.29 is 9.53 Å². The number of carbonyl (C=O) groups is 1. The second-order valence-corrected chi connectivity index (χ2v) is 4.91. The highest BCUT2D eigenvalue weighted by molar-refractivity contribution is 6.36. The van der Waals surface area contributed by atoms with E-state index < -0.39 is 0 Å². The number of hydrogen-bond acceptors (Lipinski definition) is 3. The highest BCUT2D eigenvalue weighted by atomic mass is 35.5. The number of rotatable bonds is 5. The molecular weight excluding hydrogens is 288 g/mol. The van der Waals surface area contributed by atoms with Crippen molar-refractivity contribution in [1.29, 1.82) is 0 Å². The van der Waals surface area contributed by atoms with E-state index in [-0.39, 0.29) is 10.9 Å². The molecule has 5 heteroatoms. The third-order valence-corrected chi connectivity index (χ3v) is 3.28. The molecule has 4 nitrogen and oxygen atoms in total. The van der Waals surface area contributed by atoms with Gasteiger partial charge in [-0.25, -0.2) is 0 Å². The molecule has 0 atom stereocenters. The molecule has 3 N–H and O–H groups in total. The molecule has 0 spiro atoms. The van der Waals surface area contributed by atoms with E-state index in [2.05, 4.69) is 5.32 Å². The summed E-state index contributed by atoms with van der Waals surface area (Å²) in [7, 11) is 0. The minimum absolute atomic E-state index is 0.262. The number of carbonyl (C=O) groups excluding carboxylic acids is 1. The van der Waals surface area contributed by atoms with E-state index >= 15 is 0 Å². The summed E-state index contributed by atoms with van der Waals surface area (Å²) < 4.78 is 5.48. The van der Waals surface area contributed by atoms with Crippen LogP contribution in [0.25, 0.3) is 0 Å². The second kappa shape index (κ2) is 6.99. The molecule has 0 aromatic heterocycles. The lowest BCUT2D eigenvalue weighted by Gasteiger charge is -2.09. The minimum atomic E-state index is -0.297. The van der Waals surface area contributed by atoms with Crippen LogP contribution in [0, 0.1) is 0 Å². The normalized spacial score (nSPS) is 10.2. The number of benzene rings is 2. The van der Waals surface area contributed by atoms with Crippen LogP contribution in [0.5, 0.6) is 5.75 Å². The highest BCUT2D eigenvalue weighted by Crippen LogP contribution is 2.24. The van der Waals surface area contributed by atoms with Gasteiger partial charge in [-0.1, -0.05) is 24.6 Å². The van der Waals surface area contributed by atoms with Crippen molar-refractivity contribution >= 4 is 28.9 Å². The zero-order valence-electron chi connectivity index (χ0n) is 11.7. The van der Waals surface area contributed by atoms with Crippen molar-refractivity contribution in [3.63, 3.8) is 0 Å². The molecule has 0 fully saturated rings. The summed E-state index contributed by atoms with van der Waals surface area (Å²) in [5.74, 6) is 0.478. The molecule has 2 rings (SSSR count). The van der Waals surface area contributed by atoms with E-state index in [1.807, 2.05) is 19.1 Å². The number of nitrogens with two attached hydrogens (primary N) is 1. The molecule has 0 bridgehead atoms. The first-order chi connectivity index (χ1) is 10.1. The van der Waals surface area contributed by atoms with E-state index in [0.29, 0.717) is 23.5 Å². The Morgan fingerprint density at radius 3 is 2.62 bits per heavy atom. The van der Waals surface area contributed by atoms with Gasteiger partial charge >= 0.3 is 0 Å². The molecule has 0 saturated carbocycles. The van der Waals surface area contributed by atoms with Gasteiger partial charge in [0, 0.05) is 5.69 Å². The van der Waals surface area contributed by atoms with Crippen LogP contribution < -0.4 is 15.8 Å². The van der Waals surface area contributed by atoms with Gasteiger partial charge < -0.3 is 15.8 Å². The van der Waals surface area contributed by atoms with Crippen LogP contribution in [-0.4, -0.2) is 12.5 Å². The summed E-state index contributed by atoms with van der Waals surface area (Å²) in [6.07, 6.45) is 0.951. The topological polar surface area (TPSA) is 64.3 Å². The molecule has 1 amide bonds. The Bertz CT molecular complexity index is 627. The average Bonchev–Trinajstić information content (AvgIpc) is 2.49. The van der Waals surface area contributed by atoms with Crippen molar-refractivity contribution in [2.75, 3.05) is 17.7 Å². The van der Waals surface area contributed by atoms with E-state index in [4.69, 9.17) is 22.1 Å². The summed E-state index contributed by atoms with van der Waals surface area (Å²) in [4.78, 5) is 12.2. The van der Waals surface area contributed by atoms with Crippen LogP contribution >= 0.6 is 11.6 Å². The second-order valence-electron chi connectivity index (χ2n) is 4.54. The Morgan fingerprint density at radius 2 is 1.95 bits per heavy atom. The molecule has 21 heavy (non-hydrogen) atoms. The smallest absolute Gasteiger partial charge is 0.257 e. The Hall–Kier alpha value is -2.20. The summed E-state index contributed by atoms with van der Waals surface area (Å²) in [5, 5.41) is 3.04. The number of hydrogen-bond donors (Lipinski definition) is 2. The number of halogens is 1. The number of ether oxygens (including phenoxy) is 1. The third-order valence-electron chi connectivity index (χ3n) is 2.86. The maximum atomic E-state index is 12.2. The van der Waals surface area contributed by atoms with Crippen LogP contribution in [0.2, 0.25) is 5.02 Å². The summed E-state index contributed by atoms with van der Waals surface area (Å²) in [6, 6.07) is 12.2. The maximum absolute atomic E-state index is 12.2. The number of nitrogens with one attached hydrogen (secondary N) is 1. The fourth-order valence-corrected chi connectivity index (χ4v) is 1.99. The van der Waals surface area contributed by atoms with Gasteiger partial charge in [0.1, 0.15) is 5.75 Å². The Labute approximate surface area is 128 Å². The Balaban J connectivity index is 2.07. The van der Waals surface area contributed by atoms with Crippen LogP contribution in [0.3, 0.4) is 0 Å². The number of nitrogen functional groups attached to an aromatic ring is 1. The lowest BCUT2D eigenvalue weighted by atomic mass is 10.2. The largest absolute Gasteiger partial charge is 0.494 e. The molecule has 0 aliphatic heterocycles. The minimum Gasteiger partial charge on any atom is -0.494 e. The number of anilines is 2. The van der Waals surface area contributed by atoms with Gasteiger partial charge in [-0.05, 0) is 42.8 Å². The fraction of sp³-hybridized carbons (Fsp3) is 0.188. The van der Waals surface area contributed by atoms with Gasteiger partial charge in [0.05, 0.1) is 22.9 Å². The predicted molar refractivity (Wildman–Crippen MR) is 86.0 cm³/mol. The zero-order valence-corrected chi connectivity index (χ0v) is 12.5. The third kappa shape index (κ3) is 3.89. The lowest BCUT2D eigenvalue weighted by Crippen LogP contribution is -2.13. The van der Waals surface area contributed by atoms with Crippen molar-refractivity contribution in [3.05, 3.63) is 53.1 Å². The first-order valence-corrected chi connectivity index (χ1v) is 7.08. The molecule has 110 valence electrons. The van der Waals surface area contributed by atoms with Crippen molar-refractivity contribution in [2.45, 2.75) is 13.3 Å². The van der Waals surface area contributed by atoms with Crippen molar-refractivity contribution in [2.24, 2.45) is 0 Å². The summed E-state index contributed by atoms with van der Waals surface area (Å²) in [5.41, 5.74) is 7.09. The molecule has 0 saturated heterocycles. The fourth-order valence-electron chi connectivity index (χ4n) is 1.78. The molecule has 2 aromatic rings. The first-order valence-electron chi connectivity index (χ1n) is 6.70. The van der Waals surface area contributed by atoms with Gasteiger partial charge in [-0.3, -0.25) is 4.79 Å². The van der Waals surface area contributed by atoms with E-state index in [1.54, 1.807) is 30.3 Å². The number of amides is 1. The van der Waals surface area contributed by atoms with Crippen LogP contribution in [0.15, 0.2) is 42.5 Å². The van der Waals surface area contributed by atoms with Gasteiger partial charge in [0.15, 0.2) is 0 Å². The van der Waals surface area contributed by atoms with Gasteiger partial charge in [-0.15, -0.1) is 0 Å².